The van der Waals surface area contributed by atoms with Crippen LogP contribution in [-0.4, -0.2) is 33.5 Å². The van der Waals surface area contributed by atoms with Gasteiger partial charge in [0, 0.05) is 30.5 Å². The third-order valence-electron chi connectivity index (χ3n) is 3.96. The molecule has 0 bridgehead atoms. The molecule has 0 radical (unpaired) electrons. The lowest BCUT2D eigenvalue weighted by atomic mass is 10.1. The van der Waals surface area contributed by atoms with Gasteiger partial charge in [-0.25, -0.2) is 13.2 Å². The molecule has 0 saturated carbocycles. The molecule has 3 aromatic rings. The molecular formula is C21H19NO4S. The van der Waals surface area contributed by atoms with Gasteiger partial charge in [0.1, 0.15) is 5.75 Å². The summed E-state index contributed by atoms with van der Waals surface area (Å²) in [6, 6.07) is 19.2. The second-order valence-electron chi connectivity index (χ2n) is 6.13. The molecule has 0 aliphatic carbocycles. The van der Waals surface area contributed by atoms with Gasteiger partial charge in [-0.1, -0.05) is 54.6 Å². The predicted octanol–water partition coefficient (Wildman–Crippen LogP) is 4.34. The number of carbonyl (C=O) groups excluding carboxylic acids is 1. The summed E-state index contributed by atoms with van der Waals surface area (Å²) in [5, 5.41) is 2.74. The minimum absolute atomic E-state index is 0.203. The highest BCUT2D eigenvalue weighted by Gasteiger charge is 2.15. The van der Waals surface area contributed by atoms with Gasteiger partial charge in [0.05, 0.1) is 4.90 Å². The molecule has 5 nitrogen and oxygen atoms in total. The number of hydrogen-bond acceptors (Lipinski definition) is 4. The van der Waals surface area contributed by atoms with Crippen LogP contribution in [0.4, 0.5) is 4.79 Å². The zero-order chi connectivity index (χ0) is 19.4. The summed E-state index contributed by atoms with van der Waals surface area (Å²) in [6.07, 6.45) is 0.916. The maximum absolute atomic E-state index is 12.5. The van der Waals surface area contributed by atoms with Gasteiger partial charge >= 0.3 is 6.09 Å². The monoisotopic (exact) mass is 381 g/mol. The summed E-state index contributed by atoms with van der Waals surface area (Å²) in [7, 11) is -0.432. The largest absolute Gasteiger partial charge is 0.414 e. The van der Waals surface area contributed by atoms with Crippen molar-refractivity contribution in [3.63, 3.8) is 0 Å². The number of benzene rings is 3. The Morgan fingerprint density at radius 1 is 0.926 bits per heavy atom. The first kappa shape index (κ1) is 18.7. The molecule has 6 heteroatoms. The molecule has 1 amide bonds. The molecule has 27 heavy (non-hydrogen) atoms. The summed E-state index contributed by atoms with van der Waals surface area (Å²) in [5.41, 5.74) is 0.503. The van der Waals surface area contributed by atoms with E-state index in [1.165, 1.54) is 23.1 Å². The maximum atomic E-state index is 12.5. The fourth-order valence-corrected chi connectivity index (χ4v) is 3.55. The van der Waals surface area contributed by atoms with Crippen molar-refractivity contribution >= 4 is 32.8 Å². The van der Waals surface area contributed by atoms with Crippen molar-refractivity contribution in [3.05, 3.63) is 77.7 Å². The van der Waals surface area contributed by atoms with Crippen LogP contribution in [0.1, 0.15) is 5.56 Å². The van der Waals surface area contributed by atoms with Crippen LogP contribution in [-0.2, 0) is 9.84 Å². The van der Waals surface area contributed by atoms with Crippen LogP contribution in [0.5, 0.6) is 5.75 Å². The topological polar surface area (TPSA) is 63.7 Å². The van der Waals surface area contributed by atoms with E-state index >= 15 is 0 Å². The highest BCUT2D eigenvalue weighted by atomic mass is 32.2. The van der Waals surface area contributed by atoms with Crippen molar-refractivity contribution in [1.29, 1.82) is 0 Å². The number of nitrogens with zero attached hydrogens (tertiary/aromatic N) is 1. The lowest BCUT2D eigenvalue weighted by Crippen LogP contribution is -2.25. The second-order valence-corrected chi connectivity index (χ2v) is 7.96. The summed E-state index contributed by atoms with van der Waals surface area (Å²) < 4.78 is 30.5. The summed E-state index contributed by atoms with van der Waals surface area (Å²) in [4.78, 5) is 13.6. The number of ether oxygens (including phenoxy) is 1. The first-order chi connectivity index (χ1) is 12.9. The molecular weight excluding hydrogens is 362 g/mol. The van der Waals surface area contributed by atoms with Crippen molar-refractivity contribution < 1.29 is 17.9 Å². The van der Waals surface area contributed by atoms with Gasteiger partial charge in [0.15, 0.2) is 9.84 Å². The van der Waals surface area contributed by atoms with E-state index in [2.05, 4.69) is 0 Å². The standard InChI is InChI=1S/C21H19NO4S/c1-22(2)21(23)26-20-17(13-12-16-8-6-7-11-19(16)20)14-15-27(24,25)18-9-4-3-5-10-18/h3-15H,1-2H3/b15-14+. The molecule has 138 valence electrons. The highest BCUT2D eigenvalue weighted by Crippen LogP contribution is 2.31. The van der Waals surface area contributed by atoms with E-state index in [0.29, 0.717) is 11.3 Å². The number of rotatable bonds is 4. The lowest BCUT2D eigenvalue weighted by molar-refractivity contribution is 0.172. The van der Waals surface area contributed by atoms with Gasteiger partial charge in [-0.2, -0.15) is 0 Å². The van der Waals surface area contributed by atoms with E-state index in [9.17, 15) is 13.2 Å². The van der Waals surface area contributed by atoms with Crippen LogP contribution in [0.15, 0.2) is 77.0 Å². The minimum Gasteiger partial charge on any atom is -0.409 e. The number of carbonyl (C=O) groups is 1. The fourth-order valence-electron chi connectivity index (χ4n) is 2.54. The molecule has 3 rings (SSSR count). The molecule has 0 aliphatic heterocycles. The van der Waals surface area contributed by atoms with E-state index < -0.39 is 15.9 Å². The van der Waals surface area contributed by atoms with E-state index in [1.54, 1.807) is 38.4 Å². The molecule has 0 fully saturated rings. The smallest absolute Gasteiger partial charge is 0.409 e. The number of fused-ring (bicyclic) bond motifs is 1. The highest BCUT2D eigenvalue weighted by molar-refractivity contribution is 7.94. The average molecular weight is 381 g/mol. The number of sulfone groups is 1. The van der Waals surface area contributed by atoms with Crippen LogP contribution < -0.4 is 4.74 Å². The Labute approximate surface area is 158 Å². The molecule has 0 N–H and O–H groups in total. The van der Waals surface area contributed by atoms with Crippen molar-refractivity contribution in [2.24, 2.45) is 0 Å². The Balaban J connectivity index is 2.07. The van der Waals surface area contributed by atoms with Gasteiger partial charge in [0.25, 0.3) is 0 Å². The Bertz CT molecular complexity index is 1100. The summed E-state index contributed by atoms with van der Waals surface area (Å²) in [5.74, 6) is 0.325. The van der Waals surface area contributed by atoms with Crippen molar-refractivity contribution in [2.75, 3.05) is 14.1 Å². The van der Waals surface area contributed by atoms with Gasteiger partial charge < -0.3 is 9.64 Å². The third-order valence-corrected chi connectivity index (χ3v) is 5.39. The average Bonchev–Trinajstić information content (AvgIpc) is 2.68. The quantitative estimate of drug-likeness (QED) is 0.674. The summed E-state index contributed by atoms with van der Waals surface area (Å²) in [6.45, 7) is 0. The lowest BCUT2D eigenvalue weighted by Gasteiger charge is -2.14. The summed E-state index contributed by atoms with van der Waals surface area (Å²) >= 11 is 0. The van der Waals surface area contributed by atoms with Gasteiger partial charge in [-0.3, -0.25) is 0 Å². The van der Waals surface area contributed by atoms with Gasteiger partial charge in [0.2, 0.25) is 0 Å². The second kappa shape index (κ2) is 7.63. The van der Waals surface area contributed by atoms with E-state index in [1.807, 2.05) is 30.3 Å². The maximum Gasteiger partial charge on any atom is 0.414 e. The van der Waals surface area contributed by atoms with E-state index in [-0.39, 0.29) is 4.90 Å². The van der Waals surface area contributed by atoms with Gasteiger partial charge in [-0.15, -0.1) is 0 Å². The first-order valence-corrected chi connectivity index (χ1v) is 9.82. The van der Waals surface area contributed by atoms with Crippen LogP contribution in [0, 0.1) is 0 Å². The zero-order valence-corrected chi connectivity index (χ0v) is 15.8. The first-order valence-electron chi connectivity index (χ1n) is 8.27. The van der Waals surface area contributed by atoms with Crippen LogP contribution >= 0.6 is 0 Å². The molecule has 0 saturated heterocycles. The number of amides is 1. The normalized spacial score (nSPS) is 11.6. The minimum atomic E-state index is -3.60. The zero-order valence-electron chi connectivity index (χ0n) is 15.0. The molecule has 0 spiro atoms. The van der Waals surface area contributed by atoms with Crippen molar-refractivity contribution in [2.45, 2.75) is 4.90 Å². The Hall–Kier alpha value is -3.12. The SMILES string of the molecule is CN(C)C(=O)Oc1c(/C=C/S(=O)(=O)c2ccccc2)ccc2ccccc12. The Kier molecular flexibility index (Phi) is 5.28. The van der Waals surface area contributed by atoms with E-state index in [4.69, 9.17) is 4.74 Å². The van der Waals surface area contributed by atoms with Crippen LogP contribution in [0.2, 0.25) is 0 Å². The van der Waals surface area contributed by atoms with E-state index in [0.717, 1.165) is 16.2 Å². The van der Waals surface area contributed by atoms with Gasteiger partial charge in [-0.05, 0) is 23.6 Å². The van der Waals surface area contributed by atoms with Crippen molar-refractivity contribution in [1.82, 2.24) is 4.90 Å². The van der Waals surface area contributed by atoms with Crippen LogP contribution in [0.25, 0.3) is 16.8 Å². The predicted molar refractivity (Wildman–Crippen MR) is 106 cm³/mol. The molecule has 0 unspecified atom stereocenters. The molecule has 0 heterocycles. The van der Waals surface area contributed by atoms with Crippen LogP contribution in [0.3, 0.4) is 0 Å². The van der Waals surface area contributed by atoms with Crippen molar-refractivity contribution in [3.8, 4) is 5.75 Å². The fraction of sp³-hybridized carbons (Fsp3) is 0.0952. The molecule has 0 aliphatic rings. The Morgan fingerprint density at radius 2 is 1.59 bits per heavy atom. The number of hydrogen-bond donors (Lipinski definition) is 0. The molecule has 3 aromatic carbocycles. The molecule has 0 atom stereocenters. The molecule has 0 aromatic heterocycles. The Morgan fingerprint density at radius 3 is 2.30 bits per heavy atom. The third kappa shape index (κ3) is 4.17.